The highest BCUT2D eigenvalue weighted by molar-refractivity contribution is 5.80. The Morgan fingerprint density at radius 3 is 2.47 bits per heavy atom. The van der Waals surface area contributed by atoms with Crippen molar-refractivity contribution in [3.8, 4) is 0 Å². The van der Waals surface area contributed by atoms with Gasteiger partial charge >= 0.3 is 6.18 Å². The van der Waals surface area contributed by atoms with Crippen LogP contribution in [0.3, 0.4) is 0 Å². The Morgan fingerprint density at radius 2 is 1.95 bits per heavy atom. The van der Waals surface area contributed by atoms with E-state index in [2.05, 4.69) is 0 Å². The van der Waals surface area contributed by atoms with E-state index in [-0.39, 0.29) is 11.9 Å². The fourth-order valence-electron chi connectivity index (χ4n) is 2.37. The third-order valence-corrected chi connectivity index (χ3v) is 3.36. The number of halogens is 3. The third-order valence-electron chi connectivity index (χ3n) is 3.36. The van der Waals surface area contributed by atoms with Crippen molar-refractivity contribution in [3.63, 3.8) is 0 Å². The third kappa shape index (κ3) is 3.26. The van der Waals surface area contributed by atoms with Gasteiger partial charge in [-0.05, 0) is 37.1 Å². The van der Waals surface area contributed by atoms with Crippen LogP contribution in [0.1, 0.15) is 24.0 Å². The number of nitrogens with zero attached hydrogens (tertiary/aromatic N) is 1. The maximum Gasteiger partial charge on any atom is 0.416 e. The van der Waals surface area contributed by atoms with Crippen molar-refractivity contribution in [1.29, 1.82) is 0 Å². The summed E-state index contributed by atoms with van der Waals surface area (Å²) in [7, 11) is 0. The molecule has 2 rings (SSSR count). The average Bonchev–Trinajstić information content (AvgIpc) is 2.77. The molecule has 3 nitrogen and oxygen atoms in total. The van der Waals surface area contributed by atoms with Crippen molar-refractivity contribution in [2.75, 3.05) is 6.54 Å². The fraction of sp³-hybridized carbons (Fsp3) is 0.462. The molecular weight excluding hydrogens is 257 g/mol. The van der Waals surface area contributed by atoms with Gasteiger partial charge in [0.05, 0.1) is 11.6 Å². The van der Waals surface area contributed by atoms with Gasteiger partial charge in [0.1, 0.15) is 0 Å². The first-order valence-corrected chi connectivity index (χ1v) is 6.07. The van der Waals surface area contributed by atoms with Gasteiger partial charge in [-0.1, -0.05) is 12.1 Å². The van der Waals surface area contributed by atoms with Crippen molar-refractivity contribution in [2.24, 2.45) is 5.73 Å². The average molecular weight is 272 g/mol. The van der Waals surface area contributed by atoms with Gasteiger partial charge in [0, 0.05) is 6.54 Å². The van der Waals surface area contributed by atoms with E-state index in [0.717, 1.165) is 37.1 Å². The minimum atomic E-state index is -4.32. The molecule has 19 heavy (non-hydrogen) atoms. The van der Waals surface area contributed by atoms with Crippen LogP contribution in [0.15, 0.2) is 24.3 Å². The molecule has 1 unspecified atom stereocenters. The summed E-state index contributed by atoms with van der Waals surface area (Å²) in [6.07, 6.45) is -2.72. The van der Waals surface area contributed by atoms with Gasteiger partial charge in [-0.2, -0.15) is 13.2 Å². The van der Waals surface area contributed by atoms with Gasteiger partial charge in [0.2, 0.25) is 5.91 Å². The maximum atomic E-state index is 12.4. The summed E-state index contributed by atoms with van der Waals surface area (Å²) in [5.74, 6) is -0.371. The number of carbonyl (C=O) groups is 1. The topological polar surface area (TPSA) is 46.3 Å². The van der Waals surface area contributed by atoms with Crippen LogP contribution in [-0.4, -0.2) is 23.4 Å². The van der Waals surface area contributed by atoms with Crippen LogP contribution in [0.5, 0.6) is 0 Å². The second-order valence-corrected chi connectivity index (χ2v) is 4.73. The number of primary amides is 1. The normalized spacial score (nSPS) is 20.7. The van der Waals surface area contributed by atoms with Crippen LogP contribution in [-0.2, 0) is 17.5 Å². The molecule has 0 spiro atoms. The van der Waals surface area contributed by atoms with Crippen LogP contribution in [0, 0.1) is 0 Å². The molecule has 0 aliphatic carbocycles. The summed E-state index contributed by atoms with van der Waals surface area (Å²) < 4.78 is 37.3. The number of alkyl halides is 3. The number of rotatable bonds is 3. The van der Waals surface area contributed by atoms with E-state index in [1.807, 2.05) is 4.90 Å². The quantitative estimate of drug-likeness (QED) is 0.916. The number of hydrogen-bond acceptors (Lipinski definition) is 2. The molecule has 1 heterocycles. The Kier molecular flexibility index (Phi) is 3.80. The predicted octanol–water partition coefficient (Wildman–Crippen LogP) is 2.16. The second kappa shape index (κ2) is 5.21. The molecule has 1 aliphatic rings. The highest BCUT2D eigenvalue weighted by Crippen LogP contribution is 2.29. The van der Waals surface area contributed by atoms with Gasteiger partial charge in [0.25, 0.3) is 0 Å². The van der Waals surface area contributed by atoms with Crippen molar-refractivity contribution in [2.45, 2.75) is 31.6 Å². The second-order valence-electron chi connectivity index (χ2n) is 4.73. The number of amides is 1. The smallest absolute Gasteiger partial charge is 0.368 e. The van der Waals surface area contributed by atoms with E-state index in [4.69, 9.17) is 5.73 Å². The standard InChI is InChI=1S/C13H15F3N2O/c14-13(15,16)10-5-3-9(4-6-10)8-18-7-1-2-11(18)12(17)19/h3-6,11H,1-2,7-8H2,(H2,17,19). The SMILES string of the molecule is NC(=O)C1CCCN1Cc1ccc(C(F)(F)F)cc1. The van der Waals surface area contributed by atoms with Crippen molar-refractivity contribution in [3.05, 3.63) is 35.4 Å². The van der Waals surface area contributed by atoms with Gasteiger partial charge in [-0.25, -0.2) is 0 Å². The van der Waals surface area contributed by atoms with Crippen LogP contribution < -0.4 is 5.73 Å². The van der Waals surface area contributed by atoms with Gasteiger partial charge in [-0.15, -0.1) is 0 Å². The maximum absolute atomic E-state index is 12.4. The lowest BCUT2D eigenvalue weighted by molar-refractivity contribution is -0.137. The van der Waals surface area contributed by atoms with E-state index in [9.17, 15) is 18.0 Å². The molecule has 1 aliphatic heterocycles. The summed E-state index contributed by atoms with van der Waals surface area (Å²) in [6.45, 7) is 1.19. The molecule has 104 valence electrons. The molecule has 6 heteroatoms. The Morgan fingerprint density at radius 1 is 1.32 bits per heavy atom. The highest BCUT2D eigenvalue weighted by atomic mass is 19.4. The van der Waals surface area contributed by atoms with Gasteiger partial charge in [-0.3, -0.25) is 9.69 Å². The molecule has 1 fully saturated rings. The van der Waals surface area contributed by atoms with Crippen molar-refractivity contribution in [1.82, 2.24) is 4.90 Å². The van der Waals surface area contributed by atoms with E-state index >= 15 is 0 Å². The molecule has 1 aromatic carbocycles. The highest BCUT2D eigenvalue weighted by Gasteiger charge is 2.31. The lowest BCUT2D eigenvalue weighted by Crippen LogP contribution is -2.39. The monoisotopic (exact) mass is 272 g/mol. The molecule has 0 saturated carbocycles. The number of likely N-dealkylation sites (tertiary alicyclic amines) is 1. The first-order chi connectivity index (χ1) is 8.88. The Balaban J connectivity index is 2.06. The summed E-state index contributed by atoms with van der Waals surface area (Å²) in [6, 6.07) is 4.70. The number of hydrogen-bond donors (Lipinski definition) is 1. The molecule has 0 bridgehead atoms. The lowest BCUT2D eigenvalue weighted by atomic mass is 10.1. The Labute approximate surface area is 109 Å². The first-order valence-electron chi connectivity index (χ1n) is 6.07. The zero-order valence-electron chi connectivity index (χ0n) is 10.3. The zero-order chi connectivity index (χ0) is 14.0. The van der Waals surface area contributed by atoms with Crippen LogP contribution in [0.2, 0.25) is 0 Å². The van der Waals surface area contributed by atoms with Crippen molar-refractivity contribution >= 4 is 5.91 Å². The molecule has 1 atom stereocenters. The minimum absolute atomic E-state index is 0.303. The molecule has 0 aromatic heterocycles. The first kappa shape index (κ1) is 13.9. The van der Waals surface area contributed by atoms with Crippen LogP contribution in [0.4, 0.5) is 13.2 Å². The number of benzene rings is 1. The summed E-state index contributed by atoms with van der Waals surface area (Å²) in [5.41, 5.74) is 5.38. The van der Waals surface area contributed by atoms with E-state index in [1.54, 1.807) is 0 Å². The Bertz CT molecular complexity index is 456. The molecule has 1 amide bonds. The van der Waals surface area contributed by atoms with E-state index in [0.29, 0.717) is 6.54 Å². The minimum Gasteiger partial charge on any atom is -0.368 e. The van der Waals surface area contributed by atoms with Crippen LogP contribution in [0.25, 0.3) is 0 Å². The number of carbonyl (C=O) groups excluding carboxylic acids is 1. The lowest BCUT2D eigenvalue weighted by Gasteiger charge is -2.21. The summed E-state index contributed by atoms with van der Waals surface area (Å²) in [4.78, 5) is 13.1. The largest absolute Gasteiger partial charge is 0.416 e. The summed E-state index contributed by atoms with van der Waals surface area (Å²) in [5, 5.41) is 0. The zero-order valence-corrected chi connectivity index (χ0v) is 10.3. The molecule has 1 aromatic rings. The van der Waals surface area contributed by atoms with Crippen molar-refractivity contribution < 1.29 is 18.0 Å². The Hall–Kier alpha value is -1.56. The molecule has 1 saturated heterocycles. The van der Waals surface area contributed by atoms with Crippen LogP contribution >= 0.6 is 0 Å². The predicted molar refractivity (Wildman–Crippen MR) is 64.1 cm³/mol. The van der Waals surface area contributed by atoms with Gasteiger partial charge in [0.15, 0.2) is 0 Å². The summed E-state index contributed by atoms with van der Waals surface area (Å²) >= 11 is 0. The molecule has 2 N–H and O–H groups in total. The number of nitrogens with two attached hydrogens (primary N) is 1. The van der Waals surface area contributed by atoms with Gasteiger partial charge < -0.3 is 5.73 Å². The molecule has 0 radical (unpaired) electrons. The fourth-order valence-corrected chi connectivity index (χ4v) is 2.37. The van der Waals surface area contributed by atoms with E-state index < -0.39 is 11.7 Å². The van der Waals surface area contributed by atoms with E-state index in [1.165, 1.54) is 12.1 Å². The molecular formula is C13H15F3N2O.